The Balaban J connectivity index is -0.00000112. The molecule has 16 heteroatoms. The third-order valence-electron chi connectivity index (χ3n) is 9.12. The Morgan fingerprint density at radius 1 is 0.476 bits per heavy atom. The summed E-state index contributed by atoms with van der Waals surface area (Å²) in [4.78, 5) is 47.0. The van der Waals surface area contributed by atoms with E-state index in [-0.39, 0.29) is 24.2 Å². The predicted octanol–water partition coefficient (Wildman–Crippen LogP) is 10.2. The van der Waals surface area contributed by atoms with Gasteiger partial charge in [0.05, 0.1) is 77.9 Å². The van der Waals surface area contributed by atoms with E-state index in [0.717, 1.165) is 77.0 Å². The number of rotatable bonds is 38. The lowest BCUT2D eigenvalue weighted by Crippen LogP contribution is -2.36. The van der Waals surface area contributed by atoms with Gasteiger partial charge in [0.1, 0.15) is 0 Å². The molecule has 0 aliphatic carbocycles. The van der Waals surface area contributed by atoms with E-state index in [0.29, 0.717) is 85.0 Å². The second-order valence-corrected chi connectivity index (χ2v) is 16.6. The average Bonchev–Trinajstić information content (AvgIpc) is 3.21. The van der Waals surface area contributed by atoms with Gasteiger partial charge in [0, 0.05) is 26.2 Å². The molecule has 0 bridgehead atoms. The maximum absolute atomic E-state index is 11.8. The normalized spacial score (nSPS) is 11.5. The van der Waals surface area contributed by atoms with E-state index < -0.39 is 24.4 Å². The second kappa shape index (κ2) is 42.5. The van der Waals surface area contributed by atoms with E-state index in [9.17, 15) is 19.2 Å². The van der Waals surface area contributed by atoms with Gasteiger partial charge in [0.25, 0.3) is 0 Å². The summed E-state index contributed by atoms with van der Waals surface area (Å²) in [7, 11) is 0. The van der Waals surface area contributed by atoms with Gasteiger partial charge in [-0.15, -0.1) is 0 Å². The van der Waals surface area contributed by atoms with Crippen molar-refractivity contribution in [2.45, 2.75) is 126 Å². The Labute approximate surface area is 381 Å². The van der Waals surface area contributed by atoms with Crippen molar-refractivity contribution in [2.24, 2.45) is 22.7 Å². The van der Waals surface area contributed by atoms with Crippen molar-refractivity contribution in [2.75, 3.05) is 79.0 Å². The zero-order valence-corrected chi connectivity index (χ0v) is 39.2. The minimum absolute atomic E-state index is 0. The van der Waals surface area contributed by atoms with Crippen LogP contribution in [-0.4, -0.2) is 103 Å². The molecule has 0 aliphatic heterocycles. The van der Waals surface area contributed by atoms with Crippen molar-refractivity contribution in [3.63, 3.8) is 0 Å². The van der Waals surface area contributed by atoms with Crippen molar-refractivity contribution in [1.82, 2.24) is 21.3 Å². The summed E-state index contributed by atoms with van der Waals surface area (Å²) >= 11 is 0. The van der Waals surface area contributed by atoms with Gasteiger partial charge in [-0.05, 0) is 99.7 Å². The Morgan fingerprint density at radius 3 is 1.21 bits per heavy atom. The number of carbonyl (C=O) groups excluding carboxylic acids is 4. The molecule has 4 N–H and O–H groups in total. The van der Waals surface area contributed by atoms with Crippen LogP contribution in [-0.2, 0) is 37.9 Å². The molecule has 0 rings (SSSR count). The molecule has 0 radical (unpaired) electrons. The van der Waals surface area contributed by atoms with Crippen molar-refractivity contribution in [1.29, 1.82) is 0 Å². The minimum Gasteiger partial charge on any atom is -0.502 e. The van der Waals surface area contributed by atoms with Crippen LogP contribution in [0.2, 0.25) is 0 Å². The van der Waals surface area contributed by atoms with Crippen LogP contribution < -0.4 is 21.3 Å². The van der Waals surface area contributed by atoms with Gasteiger partial charge in [0.2, 0.25) is 0 Å². The lowest BCUT2D eigenvalue weighted by molar-refractivity contribution is 0.132. The topological polar surface area (TPSA) is 190 Å². The zero-order chi connectivity index (χ0) is 46.7. The maximum atomic E-state index is 11.8. The molecule has 0 aromatic heterocycles. The molecule has 0 heterocycles. The molecule has 0 aromatic carbocycles. The SMILES string of the molecule is C.C=COCCCCOC(=O)NCCC(C)(C)CC(C)CNC(=O)OCCCCOC=C.C=COCCCCOC(=O)NCCC(C)CC(C)(C)CNC(=O)OCCCCOC=C. The summed E-state index contributed by atoms with van der Waals surface area (Å²) in [5.74, 6) is 0.669. The lowest BCUT2D eigenvalue weighted by Gasteiger charge is -2.28. The number of alkyl carbamates (subject to hydrolysis) is 4. The molecule has 2 atom stereocenters. The highest BCUT2D eigenvalue weighted by atomic mass is 16.6. The summed E-state index contributed by atoms with van der Waals surface area (Å²) in [6.07, 6.45) is 13.8. The Morgan fingerprint density at radius 2 is 0.810 bits per heavy atom. The number of ether oxygens (including phenoxy) is 8. The number of nitrogens with one attached hydrogen (secondary N) is 4. The Bertz CT molecular complexity index is 1200. The van der Waals surface area contributed by atoms with Gasteiger partial charge < -0.3 is 59.2 Å². The van der Waals surface area contributed by atoms with Gasteiger partial charge in [0.15, 0.2) is 0 Å². The molecule has 0 fully saturated rings. The van der Waals surface area contributed by atoms with Crippen LogP contribution in [0.25, 0.3) is 0 Å². The van der Waals surface area contributed by atoms with Crippen molar-refractivity contribution in [3.05, 3.63) is 51.4 Å². The smallest absolute Gasteiger partial charge is 0.407 e. The fourth-order valence-corrected chi connectivity index (χ4v) is 6.07. The molecule has 4 amide bonds. The molecule has 0 saturated heterocycles. The molecule has 0 aromatic rings. The summed E-state index contributed by atoms with van der Waals surface area (Å²) in [5, 5.41) is 11.2. The lowest BCUT2D eigenvalue weighted by atomic mass is 9.80. The van der Waals surface area contributed by atoms with Gasteiger partial charge in [-0.3, -0.25) is 0 Å². The van der Waals surface area contributed by atoms with Crippen LogP contribution in [0.5, 0.6) is 0 Å². The molecule has 368 valence electrons. The van der Waals surface area contributed by atoms with E-state index in [1.54, 1.807) is 0 Å². The standard InChI is InChI=1S/2C23H42N2O6.CH4/c1-6-28-14-8-10-16-30-21(26)24-13-12-23(4,5)18-20(3)19-25-22(27)31-17-11-9-15-29-7-2;1-6-28-14-8-10-16-30-21(26)24-13-12-20(3)18-23(4,5)19-25-22(27)31-17-11-9-15-29-7-2;/h2*6-7,20H,1-2,8-19H2,3-5H3,(H,24,26)(H,25,27);1H4. The van der Waals surface area contributed by atoms with Crippen molar-refractivity contribution >= 4 is 24.4 Å². The molecule has 2 unspecified atom stereocenters. The zero-order valence-electron chi connectivity index (χ0n) is 39.2. The van der Waals surface area contributed by atoms with E-state index in [4.69, 9.17) is 37.9 Å². The Hall–Kier alpha value is -4.76. The molecule has 0 aliphatic rings. The first-order chi connectivity index (χ1) is 29.6. The van der Waals surface area contributed by atoms with Gasteiger partial charge in [-0.2, -0.15) is 0 Å². The van der Waals surface area contributed by atoms with Gasteiger partial charge in [-0.1, -0.05) is 75.3 Å². The predicted molar refractivity (Wildman–Crippen MR) is 250 cm³/mol. The average molecular weight is 901 g/mol. The highest BCUT2D eigenvalue weighted by molar-refractivity contribution is 5.68. The number of carbonyl (C=O) groups is 4. The number of unbranched alkanes of at least 4 members (excludes halogenated alkanes) is 4. The van der Waals surface area contributed by atoms with E-state index in [1.807, 2.05) is 0 Å². The van der Waals surface area contributed by atoms with Crippen LogP contribution in [0.1, 0.15) is 126 Å². The second-order valence-electron chi connectivity index (χ2n) is 16.6. The molecule has 63 heavy (non-hydrogen) atoms. The fraction of sp³-hybridized carbons (Fsp3) is 0.745. The largest absolute Gasteiger partial charge is 0.502 e. The number of hydrogen-bond donors (Lipinski definition) is 4. The number of amides is 4. The van der Waals surface area contributed by atoms with Crippen molar-refractivity contribution < 1.29 is 57.1 Å². The maximum Gasteiger partial charge on any atom is 0.407 e. The monoisotopic (exact) mass is 901 g/mol. The first-order valence-corrected chi connectivity index (χ1v) is 22.1. The first-order valence-electron chi connectivity index (χ1n) is 22.1. The molecule has 0 saturated carbocycles. The summed E-state index contributed by atoms with van der Waals surface area (Å²) < 4.78 is 40.6. The molecule has 16 nitrogen and oxygen atoms in total. The highest BCUT2D eigenvalue weighted by Crippen LogP contribution is 2.29. The summed E-state index contributed by atoms with van der Waals surface area (Å²) in [6.45, 7) is 32.6. The van der Waals surface area contributed by atoms with Crippen LogP contribution in [0.15, 0.2) is 51.4 Å². The van der Waals surface area contributed by atoms with E-state index in [1.165, 1.54) is 25.0 Å². The minimum atomic E-state index is -0.397. The summed E-state index contributed by atoms with van der Waals surface area (Å²) in [6, 6.07) is 0. The van der Waals surface area contributed by atoms with Crippen LogP contribution in [0, 0.1) is 22.7 Å². The quantitative estimate of drug-likeness (QED) is 0.0261. The van der Waals surface area contributed by atoms with Crippen LogP contribution >= 0.6 is 0 Å². The highest BCUT2D eigenvalue weighted by Gasteiger charge is 2.23. The number of hydrogen-bond acceptors (Lipinski definition) is 12. The summed E-state index contributed by atoms with van der Waals surface area (Å²) in [5.41, 5.74) is -0.0598. The van der Waals surface area contributed by atoms with Crippen LogP contribution in [0.3, 0.4) is 0 Å². The van der Waals surface area contributed by atoms with Crippen LogP contribution in [0.4, 0.5) is 19.2 Å². The fourth-order valence-electron chi connectivity index (χ4n) is 6.07. The Kier molecular flexibility index (Phi) is 42.2. The molecular formula is C47H88N4O12. The third-order valence-corrected chi connectivity index (χ3v) is 9.12. The van der Waals surface area contributed by atoms with Crippen molar-refractivity contribution in [3.8, 4) is 0 Å². The van der Waals surface area contributed by atoms with Gasteiger partial charge >= 0.3 is 24.4 Å². The third kappa shape index (κ3) is 46.6. The van der Waals surface area contributed by atoms with Gasteiger partial charge in [-0.25, -0.2) is 19.2 Å². The van der Waals surface area contributed by atoms with E-state index in [2.05, 4.69) is 89.1 Å². The van der Waals surface area contributed by atoms with E-state index >= 15 is 0 Å². The molecule has 0 spiro atoms. The first kappa shape index (κ1) is 62.5. The molecular weight excluding hydrogens is 813 g/mol.